The molecule has 0 radical (unpaired) electrons. The van der Waals surface area contributed by atoms with Crippen LogP contribution in [0.2, 0.25) is 0 Å². The second kappa shape index (κ2) is 10.3. The molecule has 134 valence electrons. The van der Waals surface area contributed by atoms with Crippen LogP contribution >= 0.6 is 0 Å². The van der Waals surface area contributed by atoms with Crippen LogP contribution in [-0.2, 0) is 11.3 Å². The maximum atomic E-state index is 12.1. The molecule has 0 spiro atoms. The fourth-order valence-corrected chi connectivity index (χ4v) is 2.31. The molecule has 1 amide bonds. The zero-order valence-corrected chi connectivity index (χ0v) is 14.5. The van der Waals surface area contributed by atoms with Gasteiger partial charge in [0, 0.05) is 26.5 Å². The first-order valence-electron chi connectivity index (χ1n) is 8.40. The van der Waals surface area contributed by atoms with Crippen LogP contribution < -0.4 is 15.8 Å². The highest BCUT2D eigenvalue weighted by Gasteiger charge is 2.09. The molecule has 25 heavy (non-hydrogen) atoms. The Morgan fingerprint density at radius 1 is 1.12 bits per heavy atom. The van der Waals surface area contributed by atoms with Crippen molar-refractivity contribution in [1.82, 2.24) is 10.3 Å². The van der Waals surface area contributed by atoms with Crippen molar-refractivity contribution < 1.29 is 14.3 Å². The summed E-state index contributed by atoms with van der Waals surface area (Å²) < 4.78 is 10.7. The molecule has 0 aliphatic carbocycles. The van der Waals surface area contributed by atoms with Gasteiger partial charge in [0.25, 0.3) is 5.91 Å². The van der Waals surface area contributed by atoms with Crippen molar-refractivity contribution in [3.63, 3.8) is 0 Å². The van der Waals surface area contributed by atoms with Gasteiger partial charge >= 0.3 is 0 Å². The predicted molar refractivity (Wildman–Crippen MR) is 97.5 cm³/mol. The third kappa shape index (κ3) is 6.43. The molecule has 2 aromatic rings. The number of hydrogen-bond donors (Lipinski definition) is 2. The van der Waals surface area contributed by atoms with Gasteiger partial charge in [0.1, 0.15) is 11.6 Å². The molecule has 3 N–H and O–H groups in total. The molecule has 0 atom stereocenters. The second-order valence-corrected chi connectivity index (χ2v) is 5.66. The quantitative estimate of drug-likeness (QED) is 0.648. The number of nitrogen functional groups attached to an aromatic ring is 1. The second-order valence-electron chi connectivity index (χ2n) is 5.66. The van der Waals surface area contributed by atoms with Crippen LogP contribution in [0, 0.1) is 0 Å². The minimum absolute atomic E-state index is 0.231. The molecular weight excluding hydrogens is 318 g/mol. The third-order valence-corrected chi connectivity index (χ3v) is 3.72. The number of carbonyl (C=O) groups excluding carboxylic acids is 1. The molecular formula is C19H25N3O3. The Morgan fingerprint density at radius 2 is 1.88 bits per heavy atom. The van der Waals surface area contributed by atoms with E-state index in [0.29, 0.717) is 18.7 Å². The van der Waals surface area contributed by atoms with Crippen molar-refractivity contribution in [2.45, 2.75) is 25.8 Å². The fraction of sp³-hybridized carbons (Fsp3) is 0.368. The number of unbranched alkanes of at least 4 members (excludes halogenated alkanes) is 2. The maximum Gasteiger partial charge on any atom is 0.255 e. The lowest BCUT2D eigenvalue weighted by atomic mass is 10.2. The van der Waals surface area contributed by atoms with E-state index in [1.54, 1.807) is 25.4 Å². The Kier molecular flexibility index (Phi) is 7.72. The van der Waals surface area contributed by atoms with Crippen molar-refractivity contribution in [2.24, 2.45) is 0 Å². The number of anilines is 1. The lowest BCUT2D eigenvalue weighted by Crippen LogP contribution is -2.24. The molecule has 1 aromatic carbocycles. The van der Waals surface area contributed by atoms with Gasteiger partial charge in [-0.1, -0.05) is 12.1 Å². The van der Waals surface area contributed by atoms with E-state index in [1.807, 2.05) is 24.3 Å². The summed E-state index contributed by atoms with van der Waals surface area (Å²) in [5.41, 5.74) is 7.07. The number of amides is 1. The highest BCUT2D eigenvalue weighted by Crippen LogP contribution is 2.13. The summed E-state index contributed by atoms with van der Waals surface area (Å²) in [7, 11) is 1.71. The Bertz CT molecular complexity index is 659. The molecule has 0 aliphatic heterocycles. The van der Waals surface area contributed by atoms with Gasteiger partial charge in [-0.25, -0.2) is 4.98 Å². The van der Waals surface area contributed by atoms with E-state index in [2.05, 4.69) is 10.3 Å². The molecule has 6 heteroatoms. The van der Waals surface area contributed by atoms with E-state index in [0.717, 1.165) is 37.2 Å². The third-order valence-electron chi connectivity index (χ3n) is 3.72. The molecule has 0 bridgehead atoms. The minimum Gasteiger partial charge on any atom is -0.494 e. The van der Waals surface area contributed by atoms with E-state index >= 15 is 0 Å². The fourth-order valence-electron chi connectivity index (χ4n) is 2.31. The normalized spacial score (nSPS) is 10.4. The summed E-state index contributed by atoms with van der Waals surface area (Å²) in [6.07, 6.45) is 4.71. The summed E-state index contributed by atoms with van der Waals surface area (Å²) >= 11 is 0. The number of nitrogens with two attached hydrogens (primary N) is 1. The summed E-state index contributed by atoms with van der Waals surface area (Å²) in [4.78, 5) is 16.0. The summed E-state index contributed by atoms with van der Waals surface area (Å²) in [5.74, 6) is 0.828. The molecule has 0 aliphatic rings. The van der Waals surface area contributed by atoms with E-state index in [1.165, 1.54) is 0 Å². The molecule has 1 aromatic heterocycles. The molecule has 0 fully saturated rings. The van der Waals surface area contributed by atoms with E-state index in [-0.39, 0.29) is 11.7 Å². The number of nitrogens with one attached hydrogen (secondary N) is 1. The summed E-state index contributed by atoms with van der Waals surface area (Å²) in [5, 5.41) is 2.84. The van der Waals surface area contributed by atoms with E-state index in [9.17, 15) is 4.79 Å². The maximum absolute atomic E-state index is 12.1. The van der Waals surface area contributed by atoms with Crippen LogP contribution in [0.4, 0.5) is 5.82 Å². The monoisotopic (exact) mass is 343 g/mol. The van der Waals surface area contributed by atoms with Crippen molar-refractivity contribution >= 4 is 11.7 Å². The highest BCUT2D eigenvalue weighted by atomic mass is 16.5. The van der Waals surface area contributed by atoms with Crippen molar-refractivity contribution in [2.75, 3.05) is 26.1 Å². The van der Waals surface area contributed by atoms with Gasteiger partial charge in [-0.3, -0.25) is 4.79 Å². The number of methoxy groups -OCH3 is 1. The molecule has 0 saturated heterocycles. The first-order valence-corrected chi connectivity index (χ1v) is 8.40. The van der Waals surface area contributed by atoms with E-state index < -0.39 is 0 Å². The Balaban J connectivity index is 1.73. The molecule has 0 saturated carbocycles. The molecule has 1 heterocycles. The molecule has 6 nitrogen and oxygen atoms in total. The zero-order valence-electron chi connectivity index (χ0n) is 14.5. The van der Waals surface area contributed by atoms with Crippen LogP contribution in [0.3, 0.4) is 0 Å². The standard InChI is InChI=1S/C19H25N3O3/c1-24-12-3-2-4-13-25-16-9-7-15(8-10-16)14-22-19(23)17-6-5-11-21-18(17)20/h5-11H,2-4,12-14H2,1H3,(H2,20,21)(H,22,23). The topological polar surface area (TPSA) is 86.5 Å². The summed E-state index contributed by atoms with van der Waals surface area (Å²) in [6, 6.07) is 11.0. The van der Waals surface area contributed by atoms with Crippen LogP contribution in [-0.4, -0.2) is 31.2 Å². The Labute approximate surface area is 148 Å². The van der Waals surface area contributed by atoms with Gasteiger partial charge in [0.2, 0.25) is 0 Å². The average Bonchev–Trinajstić information content (AvgIpc) is 2.64. The van der Waals surface area contributed by atoms with Gasteiger partial charge in [-0.05, 0) is 49.1 Å². The van der Waals surface area contributed by atoms with E-state index in [4.69, 9.17) is 15.2 Å². The number of nitrogens with zero attached hydrogens (tertiary/aromatic N) is 1. The van der Waals surface area contributed by atoms with Gasteiger partial charge < -0.3 is 20.5 Å². The van der Waals surface area contributed by atoms with Crippen molar-refractivity contribution in [1.29, 1.82) is 0 Å². The van der Waals surface area contributed by atoms with Crippen LogP contribution in [0.1, 0.15) is 35.2 Å². The SMILES string of the molecule is COCCCCCOc1ccc(CNC(=O)c2cccnc2N)cc1. The number of carbonyl (C=O) groups is 1. The zero-order chi connectivity index (χ0) is 17.9. The van der Waals surface area contributed by atoms with Crippen LogP contribution in [0.5, 0.6) is 5.75 Å². The Hall–Kier alpha value is -2.60. The van der Waals surface area contributed by atoms with Gasteiger partial charge in [0.15, 0.2) is 0 Å². The number of aromatic nitrogens is 1. The lowest BCUT2D eigenvalue weighted by molar-refractivity contribution is 0.0951. The van der Waals surface area contributed by atoms with Gasteiger partial charge in [-0.2, -0.15) is 0 Å². The number of rotatable bonds is 10. The van der Waals surface area contributed by atoms with Crippen molar-refractivity contribution in [3.8, 4) is 5.75 Å². The predicted octanol–water partition coefficient (Wildman–Crippen LogP) is 2.79. The number of ether oxygens (including phenoxy) is 2. The molecule has 0 unspecified atom stereocenters. The number of benzene rings is 1. The lowest BCUT2D eigenvalue weighted by Gasteiger charge is -2.09. The van der Waals surface area contributed by atoms with Crippen LogP contribution in [0.15, 0.2) is 42.6 Å². The van der Waals surface area contributed by atoms with Gasteiger partial charge in [-0.15, -0.1) is 0 Å². The number of hydrogen-bond acceptors (Lipinski definition) is 5. The van der Waals surface area contributed by atoms with Gasteiger partial charge in [0.05, 0.1) is 12.2 Å². The van der Waals surface area contributed by atoms with Crippen molar-refractivity contribution in [3.05, 3.63) is 53.7 Å². The summed E-state index contributed by atoms with van der Waals surface area (Å²) in [6.45, 7) is 1.91. The Morgan fingerprint density at radius 3 is 2.60 bits per heavy atom. The van der Waals surface area contributed by atoms with Crippen LogP contribution in [0.25, 0.3) is 0 Å². The highest BCUT2D eigenvalue weighted by molar-refractivity contribution is 5.98. The smallest absolute Gasteiger partial charge is 0.255 e. The number of pyridine rings is 1. The largest absolute Gasteiger partial charge is 0.494 e. The first kappa shape index (κ1) is 18.7. The average molecular weight is 343 g/mol. The molecule has 2 rings (SSSR count). The minimum atomic E-state index is -0.234. The first-order chi connectivity index (χ1) is 12.2.